The highest BCUT2D eigenvalue weighted by molar-refractivity contribution is 7.82. The Hall–Kier alpha value is -2.74. The van der Waals surface area contributed by atoms with Crippen LogP contribution >= 0.6 is 12.2 Å². The Morgan fingerprint density at radius 1 is 1.14 bits per heavy atom. The lowest BCUT2D eigenvalue weighted by Gasteiger charge is -2.12. The Labute approximate surface area is 167 Å². The van der Waals surface area contributed by atoms with Gasteiger partial charge in [0, 0.05) is 25.2 Å². The van der Waals surface area contributed by atoms with Gasteiger partial charge in [0.25, 0.3) is 0 Å². The standard InChI is InChI=1S/C20H20F3N3OS/c1-13(14-8-6-9-16(11-14)20(21,22)23)26-27-12-15-7-4-5-10-17(15)18(24-2)19(28)25-3/h4-11H,12H2,1-3H3,(H,25,28). The number of oxime groups is 1. The number of likely N-dealkylation sites (N-methyl/N-ethyl adjacent to an activating group) is 1. The second-order valence-corrected chi connectivity index (χ2v) is 6.25. The summed E-state index contributed by atoms with van der Waals surface area (Å²) in [6.45, 7) is 1.72. The summed E-state index contributed by atoms with van der Waals surface area (Å²) < 4.78 is 38.6. The zero-order valence-electron chi connectivity index (χ0n) is 15.7. The van der Waals surface area contributed by atoms with Crippen molar-refractivity contribution >= 4 is 28.6 Å². The van der Waals surface area contributed by atoms with Crippen LogP contribution in [0.2, 0.25) is 0 Å². The van der Waals surface area contributed by atoms with E-state index in [1.807, 2.05) is 24.3 Å². The Morgan fingerprint density at radius 3 is 2.50 bits per heavy atom. The summed E-state index contributed by atoms with van der Waals surface area (Å²) in [4.78, 5) is 10.1. The number of nitrogens with zero attached hydrogens (tertiary/aromatic N) is 2. The minimum absolute atomic E-state index is 0.123. The van der Waals surface area contributed by atoms with Crippen molar-refractivity contribution < 1.29 is 18.0 Å². The third kappa shape index (κ3) is 5.39. The van der Waals surface area contributed by atoms with Crippen LogP contribution in [-0.4, -0.2) is 30.5 Å². The molecule has 0 unspecified atom stereocenters. The summed E-state index contributed by atoms with van der Waals surface area (Å²) in [7, 11) is 3.36. The minimum atomic E-state index is -4.41. The molecular weight excluding hydrogens is 387 g/mol. The van der Waals surface area contributed by atoms with Gasteiger partial charge in [-0.3, -0.25) is 4.99 Å². The Bertz CT molecular complexity index is 908. The predicted molar refractivity (Wildman–Crippen MR) is 109 cm³/mol. The van der Waals surface area contributed by atoms with Crippen LogP contribution in [0.4, 0.5) is 13.2 Å². The SMILES string of the molecule is CN=C(C(=S)NC)c1ccccc1CON=C(C)c1cccc(C(F)(F)F)c1. The van der Waals surface area contributed by atoms with Gasteiger partial charge < -0.3 is 10.2 Å². The number of alkyl halides is 3. The predicted octanol–water partition coefficient (Wildman–Crippen LogP) is 4.61. The number of hydrogen-bond donors (Lipinski definition) is 1. The number of hydrogen-bond acceptors (Lipinski definition) is 4. The third-order valence-corrected chi connectivity index (χ3v) is 4.36. The van der Waals surface area contributed by atoms with Crippen molar-refractivity contribution in [2.45, 2.75) is 19.7 Å². The molecule has 2 aromatic rings. The summed E-state index contributed by atoms with van der Waals surface area (Å²) in [6.07, 6.45) is -4.41. The lowest BCUT2D eigenvalue weighted by atomic mass is 10.0. The molecule has 148 valence electrons. The lowest BCUT2D eigenvalue weighted by Crippen LogP contribution is -2.27. The van der Waals surface area contributed by atoms with Crippen LogP contribution in [0, 0.1) is 0 Å². The maximum atomic E-state index is 12.9. The number of halogens is 3. The quantitative estimate of drug-likeness (QED) is 0.432. The van der Waals surface area contributed by atoms with Gasteiger partial charge in [-0.2, -0.15) is 13.2 Å². The first kappa shape index (κ1) is 21.6. The van der Waals surface area contributed by atoms with Crippen molar-refractivity contribution in [1.29, 1.82) is 0 Å². The molecule has 2 rings (SSSR count). The Morgan fingerprint density at radius 2 is 1.86 bits per heavy atom. The van der Waals surface area contributed by atoms with Gasteiger partial charge in [0.1, 0.15) is 11.6 Å². The average Bonchev–Trinajstić information content (AvgIpc) is 2.68. The van der Waals surface area contributed by atoms with Gasteiger partial charge in [0.05, 0.1) is 17.0 Å². The van der Waals surface area contributed by atoms with Gasteiger partial charge in [0.2, 0.25) is 0 Å². The molecule has 0 heterocycles. The first-order valence-corrected chi connectivity index (χ1v) is 8.80. The van der Waals surface area contributed by atoms with Crippen LogP contribution in [0.15, 0.2) is 58.7 Å². The highest BCUT2D eigenvalue weighted by Crippen LogP contribution is 2.29. The molecule has 0 aliphatic rings. The Kier molecular flexibility index (Phi) is 7.28. The maximum Gasteiger partial charge on any atom is 0.416 e. The Balaban J connectivity index is 2.18. The number of nitrogens with one attached hydrogen (secondary N) is 1. The highest BCUT2D eigenvalue weighted by Gasteiger charge is 2.30. The van der Waals surface area contributed by atoms with E-state index >= 15 is 0 Å². The fourth-order valence-electron chi connectivity index (χ4n) is 2.51. The van der Waals surface area contributed by atoms with E-state index in [1.165, 1.54) is 6.07 Å². The van der Waals surface area contributed by atoms with Crippen molar-refractivity contribution in [3.63, 3.8) is 0 Å². The monoisotopic (exact) mass is 407 g/mol. The number of benzene rings is 2. The summed E-state index contributed by atoms with van der Waals surface area (Å²) in [6, 6.07) is 12.4. The van der Waals surface area contributed by atoms with Crippen LogP contribution in [0.25, 0.3) is 0 Å². The molecule has 0 saturated heterocycles. The first-order chi connectivity index (χ1) is 13.3. The van der Waals surface area contributed by atoms with Gasteiger partial charge in [-0.1, -0.05) is 53.8 Å². The normalized spacial score (nSPS) is 12.6. The maximum absolute atomic E-state index is 12.9. The molecule has 2 aromatic carbocycles. The van der Waals surface area contributed by atoms with Crippen LogP contribution in [0.1, 0.15) is 29.2 Å². The van der Waals surface area contributed by atoms with Crippen molar-refractivity contribution in [3.05, 3.63) is 70.8 Å². The van der Waals surface area contributed by atoms with Crippen LogP contribution < -0.4 is 5.32 Å². The number of rotatable bonds is 6. The molecule has 0 aromatic heterocycles. The number of aliphatic imine (C=N–C) groups is 1. The summed E-state index contributed by atoms with van der Waals surface area (Å²) >= 11 is 5.28. The fraction of sp³-hybridized carbons (Fsp3) is 0.250. The van der Waals surface area contributed by atoms with E-state index in [1.54, 1.807) is 27.1 Å². The second kappa shape index (κ2) is 9.45. The van der Waals surface area contributed by atoms with E-state index in [0.717, 1.165) is 23.3 Å². The van der Waals surface area contributed by atoms with Gasteiger partial charge in [-0.25, -0.2) is 0 Å². The topological polar surface area (TPSA) is 46.0 Å². The molecule has 1 N–H and O–H groups in total. The molecule has 0 radical (unpaired) electrons. The van der Waals surface area contributed by atoms with Gasteiger partial charge in [-0.05, 0) is 24.6 Å². The van der Waals surface area contributed by atoms with Crippen LogP contribution in [-0.2, 0) is 17.6 Å². The van der Waals surface area contributed by atoms with Crippen molar-refractivity contribution in [3.8, 4) is 0 Å². The van der Waals surface area contributed by atoms with Crippen LogP contribution in [0.5, 0.6) is 0 Å². The average molecular weight is 407 g/mol. The third-order valence-electron chi connectivity index (χ3n) is 3.97. The van der Waals surface area contributed by atoms with Crippen LogP contribution in [0.3, 0.4) is 0 Å². The molecule has 8 heteroatoms. The molecule has 4 nitrogen and oxygen atoms in total. The molecule has 0 atom stereocenters. The molecule has 0 saturated carbocycles. The van der Waals surface area contributed by atoms with Gasteiger partial charge in [-0.15, -0.1) is 0 Å². The van der Waals surface area contributed by atoms with Gasteiger partial charge >= 0.3 is 6.18 Å². The zero-order chi connectivity index (χ0) is 20.7. The summed E-state index contributed by atoms with van der Waals surface area (Å²) in [5.41, 5.74) is 2.19. The van der Waals surface area contributed by atoms with Crippen molar-refractivity contribution in [1.82, 2.24) is 5.32 Å². The molecular formula is C20H20F3N3OS. The first-order valence-electron chi connectivity index (χ1n) is 8.39. The molecule has 0 fully saturated rings. The minimum Gasteiger partial charge on any atom is -0.391 e. The van der Waals surface area contributed by atoms with E-state index in [9.17, 15) is 13.2 Å². The number of thiocarbonyl (C=S) groups is 1. The van der Waals surface area contributed by atoms with E-state index in [4.69, 9.17) is 17.1 Å². The molecule has 0 aliphatic heterocycles. The highest BCUT2D eigenvalue weighted by atomic mass is 32.1. The molecule has 0 bridgehead atoms. The lowest BCUT2D eigenvalue weighted by molar-refractivity contribution is -0.137. The molecule has 0 aliphatic carbocycles. The fourth-order valence-corrected chi connectivity index (χ4v) is 2.71. The van der Waals surface area contributed by atoms with E-state index < -0.39 is 11.7 Å². The smallest absolute Gasteiger partial charge is 0.391 e. The second-order valence-electron chi connectivity index (χ2n) is 5.84. The largest absolute Gasteiger partial charge is 0.416 e. The molecule has 0 spiro atoms. The zero-order valence-corrected chi connectivity index (χ0v) is 16.5. The van der Waals surface area contributed by atoms with Crippen molar-refractivity contribution in [2.75, 3.05) is 14.1 Å². The van der Waals surface area contributed by atoms with Crippen molar-refractivity contribution in [2.24, 2.45) is 10.1 Å². The summed E-state index contributed by atoms with van der Waals surface area (Å²) in [5, 5.41) is 6.86. The molecule has 0 amide bonds. The van der Waals surface area contributed by atoms with E-state index in [2.05, 4.69) is 15.5 Å². The molecule has 28 heavy (non-hydrogen) atoms. The van der Waals surface area contributed by atoms with E-state index in [0.29, 0.717) is 22.0 Å². The van der Waals surface area contributed by atoms with E-state index in [-0.39, 0.29) is 6.61 Å². The van der Waals surface area contributed by atoms with Gasteiger partial charge in [0.15, 0.2) is 0 Å². The summed E-state index contributed by atoms with van der Waals surface area (Å²) in [5.74, 6) is 0.